The minimum absolute atomic E-state index is 0.0850. The Bertz CT molecular complexity index is 598. The molecule has 0 spiro atoms. The molecule has 1 heterocycles. The minimum atomic E-state index is 0.0850. The summed E-state index contributed by atoms with van der Waals surface area (Å²) in [5.41, 5.74) is 3.08. The fraction of sp³-hybridized carbons (Fsp3) is 0.250. The van der Waals surface area contributed by atoms with Crippen molar-refractivity contribution in [3.8, 4) is 6.01 Å². The highest BCUT2D eigenvalue weighted by Crippen LogP contribution is 2.27. The molecule has 1 N–H and O–H groups in total. The molecule has 2 aromatic rings. The van der Waals surface area contributed by atoms with E-state index in [0.29, 0.717) is 5.95 Å². The summed E-state index contributed by atoms with van der Waals surface area (Å²) in [6.07, 6.45) is 0. The zero-order valence-corrected chi connectivity index (χ0v) is 13.0. The molecule has 5 nitrogen and oxygen atoms in total. The molecule has 0 aliphatic carbocycles. The summed E-state index contributed by atoms with van der Waals surface area (Å²) in [5, 5.41) is 3.22. The first-order chi connectivity index (χ1) is 8.99. The van der Waals surface area contributed by atoms with E-state index in [1.165, 1.54) is 7.11 Å². The number of nitrogens with zero attached hydrogens (tertiary/aromatic N) is 3. The van der Waals surface area contributed by atoms with Gasteiger partial charge in [0.2, 0.25) is 11.2 Å². The van der Waals surface area contributed by atoms with Crippen LogP contribution in [0.3, 0.4) is 0 Å². The Labute approximate surface area is 124 Å². The van der Waals surface area contributed by atoms with Crippen LogP contribution in [0.4, 0.5) is 11.6 Å². The molecule has 0 fully saturated rings. The zero-order valence-electron chi connectivity index (χ0n) is 10.7. The summed E-state index contributed by atoms with van der Waals surface area (Å²) < 4.78 is 5.99. The van der Waals surface area contributed by atoms with Crippen LogP contribution in [0.1, 0.15) is 11.1 Å². The monoisotopic (exact) mass is 342 g/mol. The molecule has 0 aliphatic heterocycles. The molecule has 7 heteroatoms. The van der Waals surface area contributed by atoms with Gasteiger partial charge in [0.25, 0.3) is 0 Å². The second-order valence-electron chi connectivity index (χ2n) is 3.95. The topological polar surface area (TPSA) is 59.9 Å². The third-order valence-electron chi connectivity index (χ3n) is 2.50. The lowest BCUT2D eigenvalue weighted by Crippen LogP contribution is -2.04. The van der Waals surface area contributed by atoms with Crippen molar-refractivity contribution in [3.63, 3.8) is 0 Å². The number of hydrogen-bond acceptors (Lipinski definition) is 5. The maximum Gasteiger partial charge on any atom is 0.322 e. The van der Waals surface area contributed by atoms with E-state index >= 15 is 0 Å². The number of halogens is 2. The predicted molar refractivity (Wildman–Crippen MR) is 78.3 cm³/mol. The van der Waals surface area contributed by atoms with Gasteiger partial charge in [-0.15, -0.1) is 0 Å². The van der Waals surface area contributed by atoms with Crippen LogP contribution in [0.5, 0.6) is 6.01 Å². The maximum absolute atomic E-state index is 5.81. The molecule has 19 heavy (non-hydrogen) atoms. The van der Waals surface area contributed by atoms with Crippen molar-refractivity contribution < 1.29 is 4.74 Å². The molecule has 0 saturated carbocycles. The van der Waals surface area contributed by atoms with E-state index in [2.05, 4.69) is 36.2 Å². The van der Waals surface area contributed by atoms with Crippen molar-refractivity contribution in [2.24, 2.45) is 0 Å². The number of anilines is 2. The third-order valence-corrected chi connectivity index (χ3v) is 3.13. The van der Waals surface area contributed by atoms with E-state index in [0.717, 1.165) is 21.3 Å². The molecular formula is C12H12BrClN4O. The van der Waals surface area contributed by atoms with Gasteiger partial charge in [-0.3, -0.25) is 0 Å². The van der Waals surface area contributed by atoms with Gasteiger partial charge in [0, 0.05) is 10.2 Å². The molecule has 0 atom stereocenters. The lowest BCUT2D eigenvalue weighted by atomic mass is 10.1. The van der Waals surface area contributed by atoms with E-state index in [1.807, 2.05) is 26.0 Å². The fourth-order valence-corrected chi connectivity index (χ4v) is 2.54. The number of nitrogens with one attached hydrogen (secondary N) is 1. The van der Waals surface area contributed by atoms with E-state index in [9.17, 15) is 0 Å². The second kappa shape index (κ2) is 5.71. The largest absolute Gasteiger partial charge is 0.467 e. The fourth-order valence-electron chi connectivity index (χ4n) is 1.70. The Hall–Kier alpha value is -1.40. The van der Waals surface area contributed by atoms with Crippen molar-refractivity contribution in [2.75, 3.05) is 12.4 Å². The summed E-state index contributed by atoms with van der Waals surface area (Å²) in [6.45, 7) is 4.00. The summed E-state index contributed by atoms with van der Waals surface area (Å²) in [5.74, 6) is 0.352. The highest BCUT2D eigenvalue weighted by molar-refractivity contribution is 9.10. The summed E-state index contributed by atoms with van der Waals surface area (Å²) >= 11 is 9.27. The molecule has 0 radical (unpaired) electrons. The van der Waals surface area contributed by atoms with Crippen molar-refractivity contribution in [3.05, 3.63) is 33.0 Å². The number of ether oxygens (including phenoxy) is 1. The molecule has 1 aromatic carbocycles. The maximum atomic E-state index is 5.81. The summed E-state index contributed by atoms with van der Waals surface area (Å²) in [6, 6.07) is 4.19. The Kier molecular flexibility index (Phi) is 4.21. The summed E-state index contributed by atoms with van der Waals surface area (Å²) in [7, 11) is 1.48. The third kappa shape index (κ3) is 3.33. The first kappa shape index (κ1) is 14.0. The first-order valence-electron chi connectivity index (χ1n) is 5.49. The normalized spacial score (nSPS) is 10.4. The lowest BCUT2D eigenvalue weighted by molar-refractivity contribution is 0.379. The molecule has 0 unspecified atom stereocenters. The van der Waals surface area contributed by atoms with E-state index < -0.39 is 0 Å². The van der Waals surface area contributed by atoms with Crippen LogP contribution in [0.25, 0.3) is 0 Å². The number of aryl methyl sites for hydroxylation is 2. The smallest absolute Gasteiger partial charge is 0.322 e. The highest BCUT2D eigenvalue weighted by atomic mass is 79.9. The van der Waals surface area contributed by atoms with Crippen molar-refractivity contribution in [1.29, 1.82) is 0 Å². The van der Waals surface area contributed by atoms with Gasteiger partial charge in [0.1, 0.15) is 0 Å². The average Bonchev–Trinajstić information content (AvgIpc) is 2.33. The summed E-state index contributed by atoms with van der Waals surface area (Å²) in [4.78, 5) is 11.9. The zero-order chi connectivity index (χ0) is 14.0. The number of benzene rings is 1. The number of hydrogen-bond donors (Lipinski definition) is 1. The molecule has 100 valence electrons. The van der Waals surface area contributed by atoms with Crippen LogP contribution in [0, 0.1) is 13.8 Å². The second-order valence-corrected chi connectivity index (χ2v) is 5.21. The number of methoxy groups -OCH3 is 1. The van der Waals surface area contributed by atoms with Gasteiger partial charge in [0.05, 0.1) is 7.11 Å². The van der Waals surface area contributed by atoms with Crippen LogP contribution in [0.2, 0.25) is 5.28 Å². The van der Waals surface area contributed by atoms with Gasteiger partial charge < -0.3 is 10.1 Å². The Morgan fingerprint density at radius 1 is 1.16 bits per heavy atom. The van der Waals surface area contributed by atoms with Crippen LogP contribution in [-0.2, 0) is 0 Å². The van der Waals surface area contributed by atoms with Gasteiger partial charge >= 0.3 is 6.01 Å². The van der Waals surface area contributed by atoms with Crippen LogP contribution in [0.15, 0.2) is 16.6 Å². The van der Waals surface area contributed by atoms with Crippen LogP contribution >= 0.6 is 27.5 Å². The molecule has 0 aliphatic rings. The van der Waals surface area contributed by atoms with Gasteiger partial charge in [0.15, 0.2) is 0 Å². The van der Waals surface area contributed by atoms with Crippen LogP contribution in [-0.4, -0.2) is 22.1 Å². The number of rotatable bonds is 3. The standard InChI is InChI=1S/C12H12BrClN4O/c1-6-4-8(13)5-7(2)9(6)15-11-16-10(14)17-12(18-11)19-3/h4-5H,1-3H3,(H,15,16,17,18). The minimum Gasteiger partial charge on any atom is -0.467 e. The van der Waals surface area contributed by atoms with E-state index in [4.69, 9.17) is 16.3 Å². The van der Waals surface area contributed by atoms with Gasteiger partial charge in [-0.2, -0.15) is 15.0 Å². The average molecular weight is 344 g/mol. The molecular weight excluding hydrogens is 332 g/mol. The van der Waals surface area contributed by atoms with Crippen molar-refractivity contribution in [2.45, 2.75) is 13.8 Å². The molecule has 0 saturated heterocycles. The van der Waals surface area contributed by atoms with E-state index in [1.54, 1.807) is 0 Å². The molecule has 0 amide bonds. The Balaban J connectivity index is 2.39. The Morgan fingerprint density at radius 3 is 2.37 bits per heavy atom. The predicted octanol–water partition coefficient (Wildman–Crippen LogP) is 3.66. The van der Waals surface area contributed by atoms with Crippen molar-refractivity contribution >= 4 is 39.2 Å². The molecule has 2 rings (SSSR count). The quantitative estimate of drug-likeness (QED) is 0.921. The van der Waals surface area contributed by atoms with E-state index in [-0.39, 0.29) is 11.3 Å². The molecule has 1 aromatic heterocycles. The van der Waals surface area contributed by atoms with Gasteiger partial charge in [-0.1, -0.05) is 15.9 Å². The van der Waals surface area contributed by atoms with Gasteiger partial charge in [-0.25, -0.2) is 0 Å². The van der Waals surface area contributed by atoms with Gasteiger partial charge in [-0.05, 0) is 48.7 Å². The number of aromatic nitrogens is 3. The molecule has 0 bridgehead atoms. The van der Waals surface area contributed by atoms with Crippen molar-refractivity contribution in [1.82, 2.24) is 15.0 Å². The highest BCUT2D eigenvalue weighted by Gasteiger charge is 2.09. The van der Waals surface area contributed by atoms with Crippen LogP contribution < -0.4 is 10.1 Å². The first-order valence-corrected chi connectivity index (χ1v) is 6.66. The lowest BCUT2D eigenvalue weighted by Gasteiger charge is -2.12. The Morgan fingerprint density at radius 2 is 1.79 bits per heavy atom. The SMILES string of the molecule is COc1nc(Cl)nc(Nc2c(C)cc(Br)cc2C)n1.